The van der Waals surface area contributed by atoms with Crippen LogP contribution >= 0.6 is 0 Å². The molecule has 4 nitrogen and oxygen atoms in total. The Bertz CT molecular complexity index is 275. The van der Waals surface area contributed by atoms with E-state index in [-0.39, 0.29) is 0 Å². The first-order valence-electron chi connectivity index (χ1n) is 5.31. The molecule has 1 fully saturated rings. The number of hydrogen-bond acceptors (Lipinski definition) is 3. The summed E-state index contributed by atoms with van der Waals surface area (Å²) in [4.78, 5) is 4.22. The van der Waals surface area contributed by atoms with Crippen molar-refractivity contribution in [2.24, 2.45) is 7.05 Å². The van der Waals surface area contributed by atoms with Crippen molar-refractivity contribution < 1.29 is 0 Å². The minimum atomic E-state index is 0.612. The lowest BCUT2D eigenvalue weighted by atomic mass is 10.1. The van der Waals surface area contributed by atoms with Crippen LogP contribution in [0.4, 0.5) is 5.95 Å². The van der Waals surface area contributed by atoms with Gasteiger partial charge in [0.15, 0.2) is 0 Å². The van der Waals surface area contributed by atoms with E-state index in [9.17, 15) is 0 Å². The molecule has 0 aliphatic carbocycles. The summed E-state index contributed by atoms with van der Waals surface area (Å²) in [6.07, 6.45) is 7.71. The van der Waals surface area contributed by atoms with E-state index >= 15 is 0 Å². The molecule has 14 heavy (non-hydrogen) atoms. The fraction of sp³-hybridized carbons (Fsp3) is 0.700. The summed E-state index contributed by atoms with van der Waals surface area (Å²) in [7, 11) is 2.00. The molecule has 0 spiro atoms. The molecular formula is C10H18N4. The van der Waals surface area contributed by atoms with Gasteiger partial charge in [0.05, 0.1) is 0 Å². The summed E-state index contributed by atoms with van der Waals surface area (Å²) in [5.74, 6) is 0.956. The van der Waals surface area contributed by atoms with Gasteiger partial charge < -0.3 is 15.2 Å². The number of aryl methyl sites for hydroxylation is 1. The fourth-order valence-corrected chi connectivity index (χ4v) is 1.85. The molecule has 2 N–H and O–H groups in total. The number of anilines is 1. The third kappa shape index (κ3) is 2.26. The minimum absolute atomic E-state index is 0.612. The van der Waals surface area contributed by atoms with Crippen LogP contribution in [0.25, 0.3) is 0 Å². The molecule has 2 heterocycles. The molecule has 0 bridgehead atoms. The van der Waals surface area contributed by atoms with Crippen LogP contribution in [-0.2, 0) is 7.05 Å². The van der Waals surface area contributed by atoms with Crippen molar-refractivity contribution in [3.63, 3.8) is 0 Å². The number of piperidine rings is 1. The Morgan fingerprint density at radius 3 is 3.21 bits per heavy atom. The summed E-state index contributed by atoms with van der Waals surface area (Å²) in [6, 6.07) is 0.612. The molecule has 1 aromatic heterocycles. The highest BCUT2D eigenvalue weighted by molar-refractivity contribution is 5.25. The van der Waals surface area contributed by atoms with E-state index in [1.54, 1.807) is 0 Å². The molecule has 1 saturated heterocycles. The van der Waals surface area contributed by atoms with Crippen LogP contribution in [0.1, 0.15) is 19.3 Å². The molecule has 0 saturated carbocycles. The Morgan fingerprint density at radius 2 is 2.57 bits per heavy atom. The van der Waals surface area contributed by atoms with Gasteiger partial charge in [-0.15, -0.1) is 0 Å². The predicted molar refractivity (Wildman–Crippen MR) is 57.3 cm³/mol. The van der Waals surface area contributed by atoms with Crippen LogP contribution in [0.2, 0.25) is 0 Å². The third-order valence-corrected chi connectivity index (χ3v) is 2.74. The largest absolute Gasteiger partial charge is 0.354 e. The molecule has 1 atom stereocenters. The van der Waals surface area contributed by atoms with Crippen LogP contribution in [-0.4, -0.2) is 28.7 Å². The van der Waals surface area contributed by atoms with Gasteiger partial charge in [-0.3, -0.25) is 0 Å². The van der Waals surface area contributed by atoms with Crippen LogP contribution < -0.4 is 10.6 Å². The average molecular weight is 194 g/mol. The Balaban J connectivity index is 1.79. The van der Waals surface area contributed by atoms with Crippen molar-refractivity contribution in [1.29, 1.82) is 0 Å². The van der Waals surface area contributed by atoms with E-state index in [2.05, 4.69) is 15.6 Å². The number of nitrogens with one attached hydrogen (secondary N) is 2. The lowest BCUT2D eigenvalue weighted by Crippen LogP contribution is -2.39. The summed E-state index contributed by atoms with van der Waals surface area (Å²) in [5, 5.41) is 6.85. The Kier molecular flexibility index (Phi) is 3.03. The summed E-state index contributed by atoms with van der Waals surface area (Å²) >= 11 is 0. The second-order valence-electron chi connectivity index (χ2n) is 3.89. The summed E-state index contributed by atoms with van der Waals surface area (Å²) in [6.45, 7) is 2.14. The number of aromatic nitrogens is 2. The second-order valence-corrected chi connectivity index (χ2v) is 3.89. The van der Waals surface area contributed by atoms with Crippen molar-refractivity contribution in [2.45, 2.75) is 25.3 Å². The molecule has 0 amide bonds. The SMILES string of the molecule is Cn1ccnc1NCC1CCCCN1. The van der Waals surface area contributed by atoms with Gasteiger partial charge in [0.2, 0.25) is 5.95 Å². The van der Waals surface area contributed by atoms with E-state index < -0.39 is 0 Å². The van der Waals surface area contributed by atoms with Crippen LogP contribution in [0.5, 0.6) is 0 Å². The Hall–Kier alpha value is -1.03. The highest BCUT2D eigenvalue weighted by atomic mass is 15.2. The monoisotopic (exact) mass is 194 g/mol. The van der Waals surface area contributed by atoms with E-state index in [1.165, 1.54) is 19.3 Å². The number of hydrogen-bond donors (Lipinski definition) is 2. The topological polar surface area (TPSA) is 41.9 Å². The molecule has 0 radical (unpaired) electrons. The first-order chi connectivity index (χ1) is 6.86. The maximum absolute atomic E-state index is 4.22. The average Bonchev–Trinajstić information content (AvgIpc) is 2.63. The van der Waals surface area contributed by atoms with Gasteiger partial charge in [-0.2, -0.15) is 0 Å². The molecule has 78 valence electrons. The van der Waals surface area contributed by atoms with Gasteiger partial charge in [0, 0.05) is 32.0 Å². The summed E-state index contributed by atoms with van der Waals surface area (Å²) < 4.78 is 2.00. The first-order valence-corrected chi connectivity index (χ1v) is 5.31. The van der Waals surface area contributed by atoms with Gasteiger partial charge in [-0.25, -0.2) is 4.98 Å². The fourth-order valence-electron chi connectivity index (χ4n) is 1.85. The van der Waals surface area contributed by atoms with Gasteiger partial charge in [-0.05, 0) is 19.4 Å². The molecular weight excluding hydrogens is 176 g/mol. The number of imidazole rings is 1. The first kappa shape index (κ1) is 9.52. The molecule has 1 unspecified atom stereocenters. The maximum atomic E-state index is 4.22. The van der Waals surface area contributed by atoms with Crippen molar-refractivity contribution in [1.82, 2.24) is 14.9 Å². The third-order valence-electron chi connectivity index (χ3n) is 2.74. The van der Waals surface area contributed by atoms with Gasteiger partial charge in [-0.1, -0.05) is 6.42 Å². The Morgan fingerprint density at radius 1 is 1.64 bits per heavy atom. The standard InChI is InChI=1S/C10H18N4/c1-14-7-6-12-10(14)13-8-9-4-2-3-5-11-9/h6-7,9,11H,2-5,8H2,1H3,(H,12,13). The van der Waals surface area contributed by atoms with Crippen LogP contribution in [0, 0.1) is 0 Å². The second kappa shape index (κ2) is 4.46. The molecule has 1 aliphatic heterocycles. The van der Waals surface area contributed by atoms with Crippen LogP contribution in [0.15, 0.2) is 12.4 Å². The zero-order valence-electron chi connectivity index (χ0n) is 8.66. The van der Waals surface area contributed by atoms with E-state index in [1.807, 2.05) is 24.0 Å². The minimum Gasteiger partial charge on any atom is -0.354 e. The predicted octanol–water partition coefficient (Wildman–Crippen LogP) is 0.974. The smallest absolute Gasteiger partial charge is 0.202 e. The van der Waals surface area contributed by atoms with E-state index in [4.69, 9.17) is 0 Å². The molecule has 1 aromatic rings. The lowest BCUT2D eigenvalue weighted by Gasteiger charge is -2.23. The van der Waals surface area contributed by atoms with Crippen molar-refractivity contribution in [3.8, 4) is 0 Å². The van der Waals surface area contributed by atoms with Crippen LogP contribution in [0.3, 0.4) is 0 Å². The number of nitrogens with zero attached hydrogens (tertiary/aromatic N) is 2. The van der Waals surface area contributed by atoms with Gasteiger partial charge in [0.25, 0.3) is 0 Å². The Labute approximate surface area is 84.7 Å². The summed E-state index contributed by atoms with van der Waals surface area (Å²) in [5.41, 5.74) is 0. The van der Waals surface area contributed by atoms with Crippen molar-refractivity contribution in [2.75, 3.05) is 18.4 Å². The highest BCUT2D eigenvalue weighted by Gasteiger charge is 2.12. The zero-order chi connectivity index (χ0) is 9.80. The van der Waals surface area contributed by atoms with Crippen molar-refractivity contribution >= 4 is 5.95 Å². The zero-order valence-corrected chi connectivity index (χ0v) is 8.66. The normalized spacial score (nSPS) is 22.2. The molecule has 4 heteroatoms. The quantitative estimate of drug-likeness (QED) is 0.753. The van der Waals surface area contributed by atoms with E-state index in [0.717, 1.165) is 19.0 Å². The lowest BCUT2D eigenvalue weighted by molar-refractivity contribution is 0.413. The van der Waals surface area contributed by atoms with Gasteiger partial charge in [0.1, 0.15) is 0 Å². The molecule has 0 aromatic carbocycles. The van der Waals surface area contributed by atoms with E-state index in [0.29, 0.717) is 6.04 Å². The maximum Gasteiger partial charge on any atom is 0.202 e. The molecule has 1 aliphatic rings. The van der Waals surface area contributed by atoms with Crippen molar-refractivity contribution in [3.05, 3.63) is 12.4 Å². The van der Waals surface area contributed by atoms with Gasteiger partial charge >= 0.3 is 0 Å². The number of rotatable bonds is 3. The molecule has 2 rings (SSSR count). The highest BCUT2D eigenvalue weighted by Crippen LogP contribution is 2.08.